The molecular formula is C16H16N6O2S. The molecule has 0 aliphatic carbocycles. The lowest BCUT2D eigenvalue weighted by Gasteiger charge is -2.15. The lowest BCUT2D eigenvalue weighted by Crippen LogP contribution is -2.35. The van der Waals surface area contributed by atoms with Crippen molar-refractivity contribution < 1.29 is 9.21 Å². The van der Waals surface area contributed by atoms with Gasteiger partial charge in [-0.05, 0) is 42.8 Å². The zero-order valence-corrected chi connectivity index (χ0v) is 14.1. The van der Waals surface area contributed by atoms with Crippen molar-refractivity contribution in [2.24, 2.45) is 11.7 Å². The van der Waals surface area contributed by atoms with E-state index in [1.807, 2.05) is 11.0 Å². The van der Waals surface area contributed by atoms with Gasteiger partial charge in [-0.25, -0.2) is 0 Å². The Balaban J connectivity index is 1.59. The van der Waals surface area contributed by atoms with Crippen LogP contribution in [0.5, 0.6) is 0 Å². The van der Waals surface area contributed by atoms with Crippen LogP contribution in [-0.2, 0) is 0 Å². The van der Waals surface area contributed by atoms with E-state index < -0.39 is 5.91 Å². The van der Waals surface area contributed by atoms with Crippen LogP contribution >= 0.6 is 12.2 Å². The second-order valence-corrected chi connectivity index (χ2v) is 6.17. The number of nitrogens with two attached hydrogens (primary N) is 1. The second-order valence-electron chi connectivity index (χ2n) is 5.75. The largest absolute Gasteiger partial charge is 0.412 e. The summed E-state index contributed by atoms with van der Waals surface area (Å²) in [6, 6.07) is 8.78. The molecule has 1 atom stereocenters. The van der Waals surface area contributed by atoms with Crippen LogP contribution in [0.1, 0.15) is 22.7 Å². The highest BCUT2D eigenvalue weighted by Gasteiger charge is 2.24. The van der Waals surface area contributed by atoms with E-state index in [0.29, 0.717) is 22.8 Å². The molecule has 3 rings (SSSR count). The van der Waals surface area contributed by atoms with Crippen LogP contribution in [0.15, 0.2) is 28.7 Å². The predicted octanol–water partition coefficient (Wildman–Crippen LogP) is 0.904. The molecule has 1 saturated heterocycles. The zero-order chi connectivity index (χ0) is 17.8. The summed E-state index contributed by atoms with van der Waals surface area (Å²) in [5, 5.41) is 19.7. The highest BCUT2D eigenvalue weighted by Crippen LogP contribution is 2.19. The maximum Gasteiger partial charge on any atom is 0.308 e. The molecule has 1 amide bonds. The Morgan fingerprint density at radius 1 is 1.52 bits per heavy atom. The molecule has 1 aromatic heterocycles. The first-order chi connectivity index (χ1) is 12.1. The van der Waals surface area contributed by atoms with E-state index in [1.54, 1.807) is 24.3 Å². The number of carbonyl (C=O) groups is 1. The lowest BCUT2D eigenvalue weighted by atomic mass is 10.1. The number of hydrogen-bond acceptors (Lipinski definition) is 6. The Morgan fingerprint density at radius 3 is 3.08 bits per heavy atom. The molecule has 2 heterocycles. The number of likely N-dealkylation sites (tertiary alicyclic amines) is 1. The van der Waals surface area contributed by atoms with Gasteiger partial charge in [-0.2, -0.15) is 5.26 Å². The fourth-order valence-electron chi connectivity index (χ4n) is 2.67. The van der Waals surface area contributed by atoms with Crippen LogP contribution < -0.4 is 11.1 Å². The van der Waals surface area contributed by atoms with E-state index >= 15 is 0 Å². The second kappa shape index (κ2) is 7.27. The van der Waals surface area contributed by atoms with Crippen LogP contribution in [0, 0.1) is 17.2 Å². The van der Waals surface area contributed by atoms with Crippen LogP contribution in [0.4, 0.5) is 0 Å². The average molecular weight is 356 g/mol. The molecule has 0 radical (unpaired) electrons. The third kappa shape index (κ3) is 3.92. The number of nitrogens with zero attached hydrogens (tertiary/aromatic N) is 4. The maximum atomic E-state index is 12.2. The van der Waals surface area contributed by atoms with Crippen molar-refractivity contribution in [2.75, 3.05) is 19.6 Å². The normalized spacial score (nSPS) is 16.4. The number of hydrogen-bond donors (Lipinski definition) is 2. The Morgan fingerprint density at radius 2 is 2.36 bits per heavy atom. The third-order valence-corrected chi connectivity index (χ3v) is 4.26. The molecule has 1 fully saturated rings. The van der Waals surface area contributed by atoms with Gasteiger partial charge in [0.15, 0.2) is 5.11 Å². The molecule has 1 aliphatic rings. The van der Waals surface area contributed by atoms with Crippen molar-refractivity contribution in [3.05, 3.63) is 35.7 Å². The smallest absolute Gasteiger partial charge is 0.308 e. The SMILES string of the molecule is N#Cc1cccc(-c2nnc(C(=O)NC[C@@H]3CCN(C(N)=S)C3)o2)c1. The molecule has 8 nitrogen and oxygen atoms in total. The van der Waals surface area contributed by atoms with Gasteiger partial charge in [0, 0.05) is 25.2 Å². The lowest BCUT2D eigenvalue weighted by molar-refractivity contribution is 0.0913. The van der Waals surface area contributed by atoms with Crippen molar-refractivity contribution in [2.45, 2.75) is 6.42 Å². The standard InChI is InChI=1S/C16H16N6O2S/c17-7-10-2-1-3-12(6-10)14-20-21-15(24-14)13(23)19-8-11-4-5-22(9-11)16(18)25/h1-3,6,11H,4-5,8-9H2,(H2,18,25)(H,19,23)/t11-/m0/s1. The van der Waals surface area contributed by atoms with Gasteiger partial charge in [-0.3, -0.25) is 4.79 Å². The highest BCUT2D eigenvalue weighted by atomic mass is 32.1. The molecule has 25 heavy (non-hydrogen) atoms. The van der Waals surface area contributed by atoms with E-state index in [4.69, 9.17) is 27.6 Å². The summed E-state index contributed by atoms with van der Waals surface area (Å²) in [6.07, 6.45) is 0.910. The van der Waals surface area contributed by atoms with Crippen molar-refractivity contribution in [1.29, 1.82) is 5.26 Å². The monoisotopic (exact) mass is 356 g/mol. The van der Waals surface area contributed by atoms with Crippen LogP contribution in [-0.4, -0.2) is 45.8 Å². The van der Waals surface area contributed by atoms with Gasteiger partial charge in [0.05, 0.1) is 11.6 Å². The first-order valence-corrected chi connectivity index (χ1v) is 8.14. The van der Waals surface area contributed by atoms with E-state index in [0.717, 1.165) is 19.5 Å². The van der Waals surface area contributed by atoms with Crippen molar-refractivity contribution >= 4 is 23.2 Å². The van der Waals surface area contributed by atoms with Crippen LogP contribution in [0.2, 0.25) is 0 Å². The number of amides is 1. The van der Waals surface area contributed by atoms with Crippen LogP contribution in [0.3, 0.4) is 0 Å². The average Bonchev–Trinajstić information content (AvgIpc) is 3.29. The first kappa shape index (κ1) is 16.9. The molecule has 2 aromatic rings. The third-order valence-electron chi connectivity index (χ3n) is 4.01. The molecule has 1 aromatic carbocycles. The summed E-state index contributed by atoms with van der Waals surface area (Å²) >= 11 is 4.95. The summed E-state index contributed by atoms with van der Waals surface area (Å²) in [5.74, 6) is -0.0616. The molecular weight excluding hydrogens is 340 g/mol. The van der Waals surface area contributed by atoms with E-state index in [9.17, 15) is 4.79 Å². The summed E-state index contributed by atoms with van der Waals surface area (Å²) in [5.41, 5.74) is 6.67. The molecule has 0 spiro atoms. The number of nitrogens with one attached hydrogen (secondary N) is 1. The molecule has 0 bridgehead atoms. The Labute approximate surface area is 149 Å². The fraction of sp³-hybridized carbons (Fsp3) is 0.312. The van der Waals surface area contributed by atoms with Gasteiger partial charge in [-0.15, -0.1) is 10.2 Å². The minimum Gasteiger partial charge on any atom is -0.412 e. The molecule has 0 unspecified atom stereocenters. The van der Waals surface area contributed by atoms with Gasteiger partial charge in [0.2, 0.25) is 5.89 Å². The van der Waals surface area contributed by atoms with Gasteiger partial charge >= 0.3 is 11.8 Å². The number of carbonyl (C=O) groups excluding carboxylic acids is 1. The maximum absolute atomic E-state index is 12.2. The predicted molar refractivity (Wildman–Crippen MR) is 93.2 cm³/mol. The highest BCUT2D eigenvalue weighted by molar-refractivity contribution is 7.80. The minimum atomic E-state index is -0.427. The Bertz CT molecular complexity index is 843. The minimum absolute atomic E-state index is 0.110. The Kier molecular flexibility index (Phi) is 4.90. The van der Waals surface area contributed by atoms with E-state index in [-0.39, 0.29) is 17.7 Å². The summed E-state index contributed by atoms with van der Waals surface area (Å²) in [4.78, 5) is 14.1. The number of nitriles is 1. The van der Waals surface area contributed by atoms with Crippen molar-refractivity contribution in [1.82, 2.24) is 20.4 Å². The van der Waals surface area contributed by atoms with Gasteiger partial charge < -0.3 is 20.4 Å². The van der Waals surface area contributed by atoms with E-state index in [2.05, 4.69) is 15.5 Å². The molecule has 128 valence electrons. The number of benzene rings is 1. The Hall–Kier alpha value is -2.99. The number of aromatic nitrogens is 2. The van der Waals surface area contributed by atoms with Crippen LogP contribution in [0.25, 0.3) is 11.5 Å². The fourth-order valence-corrected chi connectivity index (χ4v) is 2.83. The summed E-state index contributed by atoms with van der Waals surface area (Å²) < 4.78 is 5.41. The van der Waals surface area contributed by atoms with Gasteiger partial charge in [0.25, 0.3) is 0 Å². The number of rotatable bonds is 4. The molecule has 3 N–H and O–H groups in total. The van der Waals surface area contributed by atoms with Crippen molar-refractivity contribution in [3.63, 3.8) is 0 Å². The van der Waals surface area contributed by atoms with Crippen molar-refractivity contribution in [3.8, 4) is 17.5 Å². The number of thiocarbonyl (C=S) groups is 1. The zero-order valence-electron chi connectivity index (χ0n) is 13.3. The molecule has 9 heteroatoms. The summed E-state index contributed by atoms with van der Waals surface area (Å²) in [6.45, 7) is 2.01. The van der Waals surface area contributed by atoms with Gasteiger partial charge in [0.1, 0.15) is 0 Å². The van der Waals surface area contributed by atoms with E-state index in [1.165, 1.54) is 0 Å². The summed E-state index contributed by atoms with van der Waals surface area (Å²) in [7, 11) is 0. The quantitative estimate of drug-likeness (QED) is 0.775. The topological polar surface area (TPSA) is 121 Å². The molecule has 1 aliphatic heterocycles. The van der Waals surface area contributed by atoms with Gasteiger partial charge in [-0.1, -0.05) is 6.07 Å². The first-order valence-electron chi connectivity index (χ1n) is 7.73. The molecule has 0 saturated carbocycles.